The molecular formula is C17H21N3O3S. The van der Waals surface area contributed by atoms with Crippen molar-refractivity contribution in [3.05, 3.63) is 41.6 Å². The number of rotatable bonds is 6. The lowest BCUT2D eigenvalue weighted by atomic mass is 10.1. The molecule has 7 heteroatoms. The highest BCUT2D eigenvalue weighted by Crippen LogP contribution is 2.29. The first kappa shape index (κ1) is 16.6. The number of hydrogen-bond acceptors (Lipinski definition) is 5. The summed E-state index contributed by atoms with van der Waals surface area (Å²) < 4.78 is 33.2. The summed E-state index contributed by atoms with van der Waals surface area (Å²) in [6.45, 7) is 3.78. The molecule has 1 fully saturated rings. The molecule has 0 atom stereocenters. The van der Waals surface area contributed by atoms with Crippen molar-refractivity contribution in [2.75, 3.05) is 17.1 Å². The molecule has 6 nitrogen and oxygen atoms in total. The van der Waals surface area contributed by atoms with Gasteiger partial charge < -0.3 is 10.1 Å². The minimum absolute atomic E-state index is 0.119. The third-order valence-corrected chi connectivity index (χ3v) is 5.42. The summed E-state index contributed by atoms with van der Waals surface area (Å²) in [6.07, 6.45) is 3.82. The van der Waals surface area contributed by atoms with Gasteiger partial charge in [0.05, 0.1) is 19.0 Å². The molecule has 128 valence electrons. The van der Waals surface area contributed by atoms with Gasteiger partial charge >= 0.3 is 0 Å². The minimum atomic E-state index is -3.75. The van der Waals surface area contributed by atoms with Gasteiger partial charge in [-0.1, -0.05) is 0 Å². The van der Waals surface area contributed by atoms with E-state index in [1.807, 2.05) is 13.8 Å². The number of anilines is 2. The molecule has 2 N–H and O–H groups in total. The van der Waals surface area contributed by atoms with Crippen LogP contribution in [-0.4, -0.2) is 26.6 Å². The number of pyridine rings is 1. The molecule has 0 spiro atoms. The first-order chi connectivity index (χ1) is 11.4. The maximum absolute atomic E-state index is 12.7. The van der Waals surface area contributed by atoms with Crippen LogP contribution in [0.3, 0.4) is 0 Å². The van der Waals surface area contributed by atoms with E-state index in [4.69, 9.17) is 4.74 Å². The third-order valence-electron chi connectivity index (χ3n) is 4.01. The van der Waals surface area contributed by atoms with Gasteiger partial charge in [-0.15, -0.1) is 0 Å². The van der Waals surface area contributed by atoms with Crippen LogP contribution in [0.1, 0.15) is 24.0 Å². The van der Waals surface area contributed by atoms with Crippen LogP contribution < -0.4 is 14.8 Å². The van der Waals surface area contributed by atoms with Crippen LogP contribution >= 0.6 is 0 Å². The van der Waals surface area contributed by atoms with E-state index in [0.717, 1.165) is 29.8 Å². The highest BCUT2D eigenvalue weighted by atomic mass is 32.2. The molecule has 1 saturated carbocycles. The lowest BCUT2D eigenvalue weighted by Crippen LogP contribution is -2.15. The third kappa shape index (κ3) is 3.62. The van der Waals surface area contributed by atoms with E-state index in [2.05, 4.69) is 15.0 Å². The second kappa shape index (κ2) is 6.32. The van der Waals surface area contributed by atoms with Crippen LogP contribution in [0.4, 0.5) is 11.5 Å². The summed E-state index contributed by atoms with van der Waals surface area (Å²) >= 11 is 0. The zero-order valence-electron chi connectivity index (χ0n) is 14.0. The highest BCUT2D eigenvalue weighted by Gasteiger charge is 2.22. The summed E-state index contributed by atoms with van der Waals surface area (Å²) in [5.41, 5.74) is 2.28. The SMILES string of the molecule is COc1cc(C)c(C)cc1S(=O)(=O)Nc1ccc(NC2CC2)nc1. The number of sulfonamides is 1. The number of aryl methyl sites for hydroxylation is 2. The summed E-state index contributed by atoms with van der Waals surface area (Å²) in [5.74, 6) is 1.08. The predicted molar refractivity (Wildman–Crippen MR) is 94.2 cm³/mol. The van der Waals surface area contributed by atoms with Gasteiger partial charge in [0, 0.05) is 6.04 Å². The summed E-state index contributed by atoms with van der Waals surface area (Å²) in [7, 11) is -2.29. The van der Waals surface area contributed by atoms with Crippen LogP contribution in [0.15, 0.2) is 35.4 Å². The van der Waals surface area contributed by atoms with Crippen molar-refractivity contribution in [3.8, 4) is 5.75 Å². The highest BCUT2D eigenvalue weighted by molar-refractivity contribution is 7.92. The molecule has 0 saturated heterocycles. The molecule has 0 aliphatic heterocycles. The van der Waals surface area contributed by atoms with Gasteiger partial charge in [0.2, 0.25) is 0 Å². The number of nitrogens with zero attached hydrogens (tertiary/aromatic N) is 1. The van der Waals surface area contributed by atoms with Crippen molar-refractivity contribution in [3.63, 3.8) is 0 Å². The van der Waals surface area contributed by atoms with E-state index in [1.54, 1.807) is 24.3 Å². The Balaban J connectivity index is 1.84. The molecule has 0 amide bonds. The summed E-state index contributed by atoms with van der Waals surface area (Å²) in [4.78, 5) is 4.36. The zero-order valence-corrected chi connectivity index (χ0v) is 14.8. The fraction of sp³-hybridized carbons (Fsp3) is 0.353. The second-order valence-electron chi connectivity index (χ2n) is 6.04. The lowest BCUT2D eigenvalue weighted by Gasteiger charge is -2.14. The molecule has 1 aromatic heterocycles. The summed E-state index contributed by atoms with van der Waals surface area (Å²) in [5, 5.41) is 3.26. The number of benzene rings is 1. The van der Waals surface area contributed by atoms with Crippen molar-refractivity contribution in [2.45, 2.75) is 37.6 Å². The molecule has 3 rings (SSSR count). The number of hydrogen-bond donors (Lipinski definition) is 2. The van der Waals surface area contributed by atoms with Gasteiger partial charge in [-0.3, -0.25) is 4.72 Å². The standard InChI is InChI=1S/C17H21N3O3S/c1-11-8-15(23-3)16(9-12(11)2)24(21,22)20-14-6-7-17(18-10-14)19-13-4-5-13/h6-10,13,20H,4-5H2,1-3H3,(H,18,19). The van der Waals surface area contributed by atoms with Gasteiger partial charge in [-0.2, -0.15) is 0 Å². The predicted octanol–water partition coefficient (Wildman–Crippen LogP) is 3.08. The topological polar surface area (TPSA) is 80.3 Å². The van der Waals surface area contributed by atoms with Crippen molar-refractivity contribution in [1.82, 2.24) is 4.98 Å². The van der Waals surface area contributed by atoms with E-state index in [0.29, 0.717) is 17.5 Å². The minimum Gasteiger partial charge on any atom is -0.495 e. The first-order valence-electron chi connectivity index (χ1n) is 7.79. The molecule has 0 bridgehead atoms. The maximum atomic E-state index is 12.7. The Kier molecular flexibility index (Phi) is 4.36. The van der Waals surface area contributed by atoms with Gasteiger partial charge in [-0.05, 0) is 62.1 Å². The second-order valence-corrected chi connectivity index (χ2v) is 7.69. The van der Waals surface area contributed by atoms with Crippen molar-refractivity contribution < 1.29 is 13.2 Å². The Labute approximate surface area is 142 Å². The van der Waals surface area contributed by atoms with Crippen LogP contribution in [-0.2, 0) is 10.0 Å². The molecule has 24 heavy (non-hydrogen) atoms. The smallest absolute Gasteiger partial charge is 0.265 e. The fourth-order valence-corrected chi connectivity index (χ4v) is 3.60. The fourth-order valence-electron chi connectivity index (χ4n) is 2.32. The normalized spacial score (nSPS) is 14.3. The largest absolute Gasteiger partial charge is 0.495 e. The van der Waals surface area contributed by atoms with Gasteiger partial charge in [0.25, 0.3) is 10.0 Å². The Hall–Kier alpha value is -2.28. The molecule has 1 heterocycles. The van der Waals surface area contributed by atoms with Crippen molar-refractivity contribution in [1.29, 1.82) is 0 Å². The molecule has 1 aliphatic rings. The lowest BCUT2D eigenvalue weighted by molar-refractivity contribution is 0.402. The monoisotopic (exact) mass is 347 g/mol. The Morgan fingerprint density at radius 1 is 1.17 bits per heavy atom. The van der Waals surface area contributed by atoms with E-state index < -0.39 is 10.0 Å². The van der Waals surface area contributed by atoms with Gasteiger partial charge in [0.15, 0.2) is 0 Å². The number of aromatic nitrogens is 1. The molecule has 1 aliphatic carbocycles. The maximum Gasteiger partial charge on any atom is 0.265 e. The quantitative estimate of drug-likeness (QED) is 0.839. The molecule has 2 aromatic rings. The molecule has 0 radical (unpaired) electrons. The first-order valence-corrected chi connectivity index (χ1v) is 9.28. The number of nitrogens with one attached hydrogen (secondary N) is 2. The summed E-state index contributed by atoms with van der Waals surface area (Å²) in [6, 6.07) is 7.31. The van der Waals surface area contributed by atoms with Gasteiger partial charge in [-0.25, -0.2) is 13.4 Å². The Morgan fingerprint density at radius 3 is 2.46 bits per heavy atom. The van der Waals surface area contributed by atoms with E-state index in [1.165, 1.54) is 13.3 Å². The Bertz CT molecular complexity index is 844. The average Bonchev–Trinajstić information content (AvgIpc) is 3.35. The van der Waals surface area contributed by atoms with E-state index in [-0.39, 0.29) is 4.90 Å². The molecule has 1 aromatic carbocycles. The van der Waals surface area contributed by atoms with Crippen LogP contribution in [0.25, 0.3) is 0 Å². The van der Waals surface area contributed by atoms with Crippen LogP contribution in [0.5, 0.6) is 5.75 Å². The van der Waals surface area contributed by atoms with Crippen LogP contribution in [0, 0.1) is 13.8 Å². The van der Waals surface area contributed by atoms with E-state index in [9.17, 15) is 8.42 Å². The zero-order chi connectivity index (χ0) is 17.3. The van der Waals surface area contributed by atoms with Crippen molar-refractivity contribution in [2.24, 2.45) is 0 Å². The van der Waals surface area contributed by atoms with E-state index >= 15 is 0 Å². The number of methoxy groups -OCH3 is 1. The van der Waals surface area contributed by atoms with Gasteiger partial charge in [0.1, 0.15) is 16.5 Å². The molecular weight excluding hydrogens is 326 g/mol. The van der Waals surface area contributed by atoms with Crippen molar-refractivity contribution >= 4 is 21.5 Å². The Morgan fingerprint density at radius 2 is 1.88 bits per heavy atom. The van der Waals surface area contributed by atoms with Crippen LogP contribution in [0.2, 0.25) is 0 Å². The molecule has 0 unspecified atom stereocenters. The average molecular weight is 347 g/mol. The number of ether oxygens (including phenoxy) is 1.